The third-order valence-electron chi connectivity index (χ3n) is 6.25. The number of rotatable bonds is 12. The largest absolute Gasteiger partial charge is 0.484 e. The second-order valence-corrected chi connectivity index (χ2v) is 9.00. The molecule has 1 N–H and O–H groups in total. The molecule has 1 saturated heterocycles. The van der Waals surface area contributed by atoms with Crippen molar-refractivity contribution < 1.29 is 23.8 Å². The highest BCUT2D eigenvalue weighted by Crippen LogP contribution is 2.23. The lowest BCUT2D eigenvalue weighted by atomic mass is 9.97. The Bertz CT molecular complexity index is 937. The number of hydrogen-bond donors (Lipinski definition) is 1. The molecule has 2 atom stereocenters. The van der Waals surface area contributed by atoms with Gasteiger partial charge in [-0.25, -0.2) is 0 Å². The van der Waals surface area contributed by atoms with Crippen LogP contribution >= 0.6 is 0 Å². The standard InChI is InChI=1S/C28H38N2O5/c1-4-33-15-16-34-19-24-10-6-9-23(17-24)18-29-28(32)25-11-13-26(14-12-25)35-20-27(31)30-21(2)7-5-8-22(30)3/h6,9-14,17,21-22H,4-5,7-8,15-16,18-20H2,1-3H3,(H,29,32). The van der Waals surface area contributed by atoms with Gasteiger partial charge in [-0.15, -0.1) is 0 Å². The summed E-state index contributed by atoms with van der Waals surface area (Å²) in [6.07, 6.45) is 3.23. The van der Waals surface area contributed by atoms with Crippen molar-refractivity contribution >= 4 is 11.8 Å². The monoisotopic (exact) mass is 482 g/mol. The molecule has 2 aromatic carbocycles. The Balaban J connectivity index is 1.43. The van der Waals surface area contributed by atoms with Crippen LogP contribution in [0.1, 0.15) is 61.5 Å². The van der Waals surface area contributed by atoms with Gasteiger partial charge >= 0.3 is 0 Å². The van der Waals surface area contributed by atoms with Crippen molar-refractivity contribution in [3.8, 4) is 5.75 Å². The molecule has 1 fully saturated rings. The molecule has 2 aromatic rings. The summed E-state index contributed by atoms with van der Waals surface area (Å²) in [7, 11) is 0. The molecule has 0 aliphatic carbocycles. The maximum absolute atomic E-state index is 12.6. The molecule has 1 heterocycles. The smallest absolute Gasteiger partial charge is 0.260 e. The lowest BCUT2D eigenvalue weighted by molar-refractivity contribution is -0.139. The second-order valence-electron chi connectivity index (χ2n) is 9.00. The van der Waals surface area contributed by atoms with Gasteiger partial charge in [0.1, 0.15) is 5.75 Å². The molecule has 190 valence electrons. The molecule has 0 bridgehead atoms. The first-order chi connectivity index (χ1) is 17.0. The van der Waals surface area contributed by atoms with Gasteiger partial charge < -0.3 is 24.4 Å². The quantitative estimate of drug-likeness (QED) is 0.456. The summed E-state index contributed by atoms with van der Waals surface area (Å²) in [5.74, 6) is 0.416. The summed E-state index contributed by atoms with van der Waals surface area (Å²) in [6.45, 7) is 8.91. The number of carbonyl (C=O) groups is 2. The number of carbonyl (C=O) groups excluding carboxylic acids is 2. The van der Waals surface area contributed by atoms with Crippen LogP contribution in [-0.2, 0) is 27.4 Å². The summed E-state index contributed by atoms with van der Waals surface area (Å²) in [5.41, 5.74) is 2.60. The molecule has 35 heavy (non-hydrogen) atoms. The number of nitrogens with zero attached hydrogens (tertiary/aromatic N) is 1. The molecule has 1 aliphatic heterocycles. The lowest BCUT2D eigenvalue weighted by Gasteiger charge is -2.38. The van der Waals surface area contributed by atoms with E-state index in [1.165, 1.54) is 0 Å². The Kier molecular flexibility index (Phi) is 10.6. The van der Waals surface area contributed by atoms with E-state index in [1.807, 2.05) is 36.1 Å². The number of benzene rings is 2. The number of hydrogen-bond acceptors (Lipinski definition) is 5. The summed E-state index contributed by atoms with van der Waals surface area (Å²) >= 11 is 0. The molecule has 7 heteroatoms. The summed E-state index contributed by atoms with van der Waals surface area (Å²) in [6, 6.07) is 15.3. The van der Waals surface area contributed by atoms with Crippen molar-refractivity contribution in [3.05, 3.63) is 65.2 Å². The van der Waals surface area contributed by atoms with Gasteiger partial charge in [0.05, 0.1) is 19.8 Å². The van der Waals surface area contributed by atoms with Crippen molar-refractivity contribution in [1.29, 1.82) is 0 Å². The van der Waals surface area contributed by atoms with Crippen molar-refractivity contribution in [2.45, 2.75) is 65.3 Å². The fourth-order valence-corrected chi connectivity index (χ4v) is 4.40. The topological polar surface area (TPSA) is 77.1 Å². The van der Waals surface area contributed by atoms with Crippen LogP contribution < -0.4 is 10.1 Å². The Labute approximate surface area is 208 Å². The average molecular weight is 483 g/mol. The van der Waals surface area contributed by atoms with Crippen LogP contribution in [0.3, 0.4) is 0 Å². The van der Waals surface area contributed by atoms with E-state index in [1.54, 1.807) is 24.3 Å². The van der Waals surface area contributed by atoms with E-state index < -0.39 is 0 Å². The van der Waals surface area contributed by atoms with Crippen LogP contribution in [0.5, 0.6) is 5.75 Å². The van der Waals surface area contributed by atoms with Crippen LogP contribution in [0, 0.1) is 0 Å². The van der Waals surface area contributed by atoms with Crippen molar-refractivity contribution in [3.63, 3.8) is 0 Å². The van der Waals surface area contributed by atoms with Crippen LogP contribution in [0.2, 0.25) is 0 Å². The Morgan fingerprint density at radius 3 is 2.37 bits per heavy atom. The predicted molar refractivity (Wildman–Crippen MR) is 135 cm³/mol. The number of likely N-dealkylation sites (tertiary alicyclic amines) is 1. The molecule has 0 spiro atoms. The highest BCUT2D eigenvalue weighted by atomic mass is 16.5. The number of ether oxygens (including phenoxy) is 3. The molecule has 1 aliphatic rings. The molecular formula is C28H38N2O5. The van der Waals surface area contributed by atoms with Gasteiger partial charge in [0, 0.05) is 30.8 Å². The molecule has 0 radical (unpaired) electrons. The van der Waals surface area contributed by atoms with E-state index in [9.17, 15) is 9.59 Å². The van der Waals surface area contributed by atoms with Gasteiger partial charge in [-0.3, -0.25) is 9.59 Å². The SMILES string of the molecule is CCOCCOCc1cccc(CNC(=O)c2ccc(OCC(=O)N3C(C)CCCC3C)cc2)c1. The van der Waals surface area contributed by atoms with E-state index in [4.69, 9.17) is 14.2 Å². The Morgan fingerprint density at radius 2 is 1.66 bits per heavy atom. The third-order valence-corrected chi connectivity index (χ3v) is 6.25. The van der Waals surface area contributed by atoms with Gasteiger partial charge in [-0.05, 0) is 75.4 Å². The molecular weight excluding hydrogens is 444 g/mol. The van der Waals surface area contributed by atoms with Gasteiger partial charge in [-0.1, -0.05) is 24.3 Å². The summed E-state index contributed by atoms with van der Waals surface area (Å²) in [5, 5.41) is 2.95. The maximum atomic E-state index is 12.6. The lowest BCUT2D eigenvalue weighted by Crippen LogP contribution is -2.49. The number of piperidine rings is 1. The fourth-order valence-electron chi connectivity index (χ4n) is 4.40. The molecule has 2 amide bonds. The molecule has 3 rings (SSSR count). The normalized spacial score (nSPS) is 17.7. The zero-order valence-electron chi connectivity index (χ0n) is 21.1. The van der Waals surface area contributed by atoms with E-state index in [-0.39, 0.29) is 30.5 Å². The van der Waals surface area contributed by atoms with E-state index in [0.29, 0.717) is 44.3 Å². The van der Waals surface area contributed by atoms with E-state index in [0.717, 1.165) is 30.4 Å². The van der Waals surface area contributed by atoms with Gasteiger partial charge in [0.15, 0.2) is 6.61 Å². The second kappa shape index (κ2) is 13.9. The van der Waals surface area contributed by atoms with Crippen LogP contribution in [0.4, 0.5) is 0 Å². The van der Waals surface area contributed by atoms with Crippen LogP contribution in [0.25, 0.3) is 0 Å². The zero-order valence-corrected chi connectivity index (χ0v) is 21.1. The Hall–Kier alpha value is -2.90. The van der Waals surface area contributed by atoms with Gasteiger partial charge in [-0.2, -0.15) is 0 Å². The first-order valence-corrected chi connectivity index (χ1v) is 12.5. The Morgan fingerprint density at radius 1 is 0.971 bits per heavy atom. The van der Waals surface area contributed by atoms with E-state index >= 15 is 0 Å². The minimum Gasteiger partial charge on any atom is -0.484 e. The predicted octanol–water partition coefficient (Wildman–Crippen LogP) is 4.34. The molecule has 2 unspecified atom stereocenters. The van der Waals surface area contributed by atoms with Gasteiger partial charge in [0.2, 0.25) is 0 Å². The first kappa shape index (κ1) is 26.7. The van der Waals surface area contributed by atoms with E-state index in [2.05, 4.69) is 19.2 Å². The summed E-state index contributed by atoms with van der Waals surface area (Å²) in [4.78, 5) is 27.2. The van der Waals surface area contributed by atoms with Crippen molar-refractivity contribution in [2.24, 2.45) is 0 Å². The van der Waals surface area contributed by atoms with Crippen molar-refractivity contribution in [2.75, 3.05) is 26.4 Å². The van der Waals surface area contributed by atoms with Gasteiger partial charge in [0.25, 0.3) is 11.8 Å². The molecule has 0 saturated carbocycles. The minimum absolute atomic E-state index is 0.00586. The number of amides is 2. The summed E-state index contributed by atoms with van der Waals surface area (Å²) < 4.78 is 16.6. The maximum Gasteiger partial charge on any atom is 0.260 e. The zero-order chi connectivity index (χ0) is 25.0. The average Bonchev–Trinajstić information content (AvgIpc) is 2.86. The molecule has 0 aromatic heterocycles. The molecule has 7 nitrogen and oxygen atoms in total. The highest BCUT2D eigenvalue weighted by molar-refractivity contribution is 5.94. The minimum atomic E-state index is -0.165. The fraction of sp³-hybridized carbons (Fsp3) is 0.500. The first-order valence-electron chi connectivity index (χ1n) is 12.5. The van der Waals surface area contributed by atoms with Crippen LogP contribution in [-0.4, -0.2) is 55.2 Å². The van der Waals surface area contributed by atoms with Crippen LogP contribution in [0.15, 0.2) is 48.5 Å². The number of nitrogens with one attached hydrogen (secondary N) is 1. The highest BCUT2D eigenvalue weighted by Gasteiger charge is 2.28. The van der Waals surface area contributed by atoms with Crippen molar-refractivity contribution in [1.82, 2.24) is 10.2 Å². The third kappa shape index (κ3) is 8.37.